The van der Waals surface area contributed by atoms with Crippen LogP contribution in [0.5, 0.6) is 5.75 Å². The second-order valence-electron chi connectivity index (χ2n) is 6.39. The number of rotatable bonds is 4. The SMILES string of the molecule is CC1(C)CC(NC(=O)CCn2cncn2)c2cc(N)ccc2O1. The number of nitrogen functional groups attached to an aromatic ring is 1. The van der Waals surface area contributed by atoms with E-state index in [0.29, 0.717) is 25.1 Å². The van der Waals surface area contributed by atoms with Crippen LogP contribution in [0, 0.1) is 0 Å². The summed E-state index contributed by atoms with van der Waals surface area (Å²) in [5.74, 6) is 0.744. The Balaban J connectivity index is 1.71. The largest absolute Gasteiger partial charge is 0.487 e. The van der Waals surface area contributed by atoms with Gasteiger partial charge in [0.15, 0.2) is 0 Å². The maximum Gasteiger partial charge on any atom is 0.222 e. The second kappa shape index (κ2) is 5.91. The van der Waals surface area contributed by atoms with Gasteiger partial charge in [0.1, 0.15) is 24.0 Å². The fourth-order valence-electron chi connectivity index (χ4n) is 2.83. The van der Waals surface area contributed by atoms with Crippen molar-refractivity contribution in [1.29, 1.82) is 0 Å². The van der Waals surface area contributed by atoms with Crippen LogP contribution in [-0.4, -0.2) is 26.3 Å². The monoisotopic (exact) mass is 315 g/mol. The van der Waals surface area contributed by atoms with E-state index in [0.717, 1.165) is 11.3 Å². The molecule has 1 unspecified atom stereocenters. The summed E-state index contributed by atoms with van der Waals surface area (Å²) < 4.78 is 7.61. The molecule has 1 aliphatic heterocycles. The molecule has 23 heavy (non-hydrogen) atoms. The van der Waals surface area contributed by atoms with E-state index in [4.69, 9.17) is 10.5 Å². The fraction of sp³-hybridized carbons (Fsp3) is 0.438. The molecule has 1 amide bonds. The smallest absolute Gasteiger partial charge is 0.222 e. The molecule has 0 spiro atoms. The number of nitrogens with zero attached hydrogens (tertiary/aromatic N) is 3. The number of aryl methyl sites for hydroxylation is 1. The summed E-state index contributed by atoms with van der Waals surface area (Å²) in [6, 6.07) is 5.43. The van der Waals surface area contributed by atoms with Gasteiger partial charge in [-0.25, -0.2) is 4.98 Å². The molecule has 0 aliphatic carbocycles. The first kappa shape index (κ1) is 15.3. The van der Waals surface area contributed by atoms with Crippen molar-refractivity contribution in [2.24, 2.45) is 0 Å². The molecule has 7 heteroatoms. The van der Waals surface area contributed by atoms with E-state index in [1.165, 1.54) is 6.33 Å². The summed E-state index contributed by atoms with van der Waals surface area (Å²) in [7, 11) is 0. The van der Waals surface area contributed by atoms with Gasteiger partial charge in [-0.15, -0.1) is 0 Å². The number of carbonyl (C=O) groups is 1. The van der Waals surface area contributed by atoms with E-state index >= 15 is 0 Å². The van der Waals surface area contributed by atoms with Crippen LogP contribution in [0.4, 0.5) is 5.69 Å². The summed E-state index contributed by atoms with van der Waals surface area (Å²) in [6.07, 6.45) is 4.09. The molecule has 0 bridgehead atoms. The topological polar surface area (TPSA) is 95.1 Å². The maximum atomic E-state index is 12.3. The average molecular weight is 315 g/mol. The first-order valence-corrected chi connectivity index (χ1v) is 7.63. The molecule has 0 saturated carbocycles. The van der Waals surface area contributed by atoms with E-state index in [2.05, 4.69) is 15.4 Å². The van der Waals surface area contributed by atoms with Crippen molar-refractivity contribution in [1.82, 2.24) is 20.1 Å². The van der Waals surface area contributed by atoms with Crippen molar-refractivity contribution in [3.63, 3.8) is 0 Å². The molecule has 0 saturated heterocycles. The number of amides is 1. The lowest BCUT2D eigenvalue weighted by Gasteiger charge is -2.38. The highest BCUT2D eigenvalue weighted by Gasteiger charge is 2.34. The van der Waals surface area contributed by atoms with Gasteiger partial charge < -0.3 is 15.8 Å². The minimum Gasteiger partial charge on any atom is -0.487 e. The third kappa shape index (κ3) is 3.61. The highest BCUT2D eigenvalue weighted by atomic mass is 16.5. The maximum absolute atomic E-state index is 12.3. The van der Waals surface area contributed by atoms with Gasteiger partial charge in [-0.2, -0.15) is 5.10 Å². The summed E-state index contributed by atoms with van der Waals surface area (Å²) in [6.45, 7) is 4.53. The van der Waals surface area contributed by atoms with Crippen molar-refractivity contribution >= 4 is 11.6 Å². The third-order valence-corrected chi connectivity index (χ3v) is 3.86. The third-order valence-electron chi connectivity index (χ3n) is 3.86. The van der Waals surface area contributed by atoms with Crippen molar-refractivity contribution in [3.05, 3.63) is 36.4 Å². The Bertz CT molecular complexity index is 697. The number of fused-ring (bicyclic) bond motifs is 1. The Labute approximate surface area is 134 Å². The minimum absolute atomic E-state index is 0.0309. The van der Waals surface area contributed by atoms with Crippen molar-refractivity contribution in [2.45, 2.75) is 44.9 Å². The average Bonchev–Trinajstić information content (AvgIpc) is 2.98. The molecule has 1 aromatic heterocycles. The summed E-state index contributed by atoms with van der Waals surface area (Å²) in [4.78, 5) is 16.1. The van der Waals surface area contributed by atoms with Crippen LogP contribution in [0.25, 0.3) is 0 Å². The molecule has 3 rings (SSSR count). The van der Waals surface area contributed by atoms with Crippen molar-refractivity contribution < 1.29 is 9.53 Å². The van der Waals surface area contributed by atoms with Gasteiger partial charge >= 0.3 is 0 Å². The fourth-order valence-corrected chi connectivity index (χ4v) is 2.83. The number of hydrogen-bond donors (Lipinski definition) is 2. The van der Waals surface area contributed by atoms with Crippen molar-refractivity contribution in [2.75, 3.05) is 5.73 Å². The molecule has 1 aromatic carbocycles. The lowest BCUT2D eigenvalue weighted by Crippen LogP contribution is -2.41. The van der Waals surface area contributed by atoms with Crippen LogP contribution in [0.15, 0.2) is 30.9 Å². The first-order valence-electron chi connectivity index (χ1n) is 7.63. The van der Waals surface area contributed by atoms with Gasteiger partial charge in [-0.1, -0.05) is 0 Å². The van der Waals surface area contributed by atoms with Crippen LogP contribution in [0.2, 0.25) is 0 Å². The molecule has 7 nitrogen and oxygen atoms in total. The Morgan fingerprint density at radius 3 is 3.09 bits per heavy atom. The highest BCUT2D eigenvalue weighted by Crippen LogP contribution is 2.40. The molecule has 0 radical (unpaired) electrons. The molecule has 3 N–H and O–H groups in total. The van der Waals surface area contributed by atoms with Gasteiger partial charge in [0, 0.05) is 24.1 Å². The first-order chi connectivity index (χ1) is 10.9. The predicted molar refractivity (Wildman–Crippen MR) is 85.7 cm³/mol. The van der Waals surface area contributed by atoms with Gasteiger partial charge in [0.2, 0.25) is 5.91 Å². The molecule has 2 heterocycles. The van der Waals surface area contributed by atoms with E-state index in [-0.39, 0.29) is 17.6 Å². The number of ether oxygens (including phenoxy) is 1. The molecule has 0 fully saturated rings. The zero-order valence-corrected chi connectivity index (χ0v) is 13.3. The van der Waals surface area contributed by atoms with Gasteiger partial charge in [-0.3, -0.25) is 9.48 Å². The molecule has 1 aliphatic rings. The molecular weight excluding hydrogens is 294 g/mol. The molecular formula is C16H21N5O2. The molecule has 2 aromatic rings. The van der Waals surface area contributed by atoms with Crippen LogP contribution >= 0.6 is 0 Å². The quantitative estimate of drug-likeness (QED) is 0.837. The van der Waals surface area contributed by atoms with Crippen LogP contribution in [0.1, 0.15) is 38.3 Å². The van der Waals surface area contributed by atoms with Gasteiger partial charge in [0.25, 0.3) is 0 Å². The summed E-state index contributed by atoms with van der Waals surface area (Å²) in [5, 5.41) is 7.08. The lowest BCUT2D eigenvalue weighted by molar-refractivity contribution is -0.122. The predicted octanol–water partition coefficient (Wildman–Crippen LogP) is 1.67. The zero-order valence-electron chi connectivity index (χ0n) is 13.3. The Kier molecular flexibility index (Phi) is 3.94. The molecule has 122 valence electrons. The number of aromatic nitrogens is 3. The van der Waals surface area contributed by atoms with E-state index in [1.807, 2.05) is 32.0 Å². The van der Waals surface area contributed by atoms with E-state index in [9.17, 15) is 4.79 Å². The second-order valence-corrected chi connectivity index (χ2v) is 6.39. The number of benzene rings is 1. The number of hydrogen-bond acceptors (Lipinski definition) is 5. The standard InChI is InChI=1S/C16H21N5O2/c1-16(2)8-13(12-7-11(17)3-4-14(12)23-16)20-15(22)5-6-21-10-18-9-19-21/h3-4,7,9-10,13H,5-6,8,17H2,1-2H3,(H,20,22). The number of anilines is 1. The minimum atomic E-state index is -0.340. The summed E-state index contributed by atoms with van der Waals surface area (Å²) in [5.41, 5.74) is 7.13. The van der Waals surface area contributed by atoms with Crippen LogP contribution in [0.3, 0.4) is 0 Å². The zero-order chi connectivity index (χ0) is 16.4. The number of nitrogens with one attached hydrogen (secondary N) is 1. The summed E-state index contributed by atoms with van der Waals surface area (Å²) >= 11 is 0. The highest BCUT2D eigenvalue weighted by molar-refractivity contribution is 5.76. The van der Waals surface area contributed by atoms with E-state index < -0.39 is 0 Å². The number of carbonyl (C=O) groups excluding carboxylic acids is 1. The van der Waals surface area contributed by atoms with Gasteiger partial charge in [0.05, 0.1) is 12.6 Å². The Morgan fingerprint density at radius 2 is 2.35 bits per heavy atom. The van der Waals surface area contributed by atoms with Crippen molar-refractivity contribution in [3.8, 4) is 5.75 Å². The molecule has 1 atom stereocenters. The Hall–Kier alpha value is -2.57. The normalized spacial score (nSPS) is 18.8. The lowest BCUT2D eigenvalue weighted by atomic mass is 9.89. The van der Waals surface area contributed by atoms with E-state index in [1.54, 1.807) is 11.0 Å². The van der Waals surface area contributed by atoms with Crippen LogP contribution < -0.4 is 15.8 Å². The number of nitrogens with two attached hydrogens (primary N) is 1. The van der Waals surface area contributed by atoms with Crippen LogP contribution in [-0.2, 0) is 11.3 Å². The van der Waals surface area contributed by atoms with Gasteiger partial charge in [-0.05, 0) is 32.0 Å². The Morgan fingerprint density at radius 1 is 1.52 bits per heavy atom.